The highest BCUT2D eigenvalue weighted by Gasteiger charge is 2.20. The third-order valence-electron chi connectivity index (χ3n) is 5.83. The van der Waals surface area contributed by atoms with Crippen LogP contribution in [0.25, 0.3) is 11.3 Å². The van der Waals surface area contributed by atoms with Gasteiger partial charge in [0.2, 0.25) is 0 Å². The van der Waals surface area contributed by atoms with Gasteiger partial charge < -0.3 is 19.3 Å². The summed E-state index contributed by atoms with van der Waals surface area (Å²) in [6.45, 7) is 8.00. The van der Waals surface area contributed by atoms with E-state index in [2.05, 4.69) is 59.0 Å². The molecule has 1 aliphatic rings. The average Bonchev–Trinajstić information content (AvgIpc) is 2.84. The van der Waals surface area contributed by atoms with Gasteiger partial charge in [0.25, 0.3) is 0 Å². The fourth-order valence-corrected chi connectivity index (χ4v) is 3.90. The van der Waals surface area contributed by atoms with Crippen LogP contribution in [0.2, 0.25) is 0 Å². The first-order chi connectivity index (χ1) is 15.1. The quantitative estimate of drug-likeness (QED) is 0.583. The van der Waals surface area contributed by atoms with Crippen molar-refractivity contribution in [3.63, 3.8) is 0 Å². The van der Waals surface area contributed by atoms with Crippen molar-refractivity contribution < 1.29 is 9.47 Å². The lowest BCUT2D eigenvalue weighted by atomic mass is 10.0. The number of methoxy groups -OCH3 is 2. The zero-order valence-corrected chi connectivity index (χ0v) is 18.7. The van der Waals surface area contributed by atoms with Crippen molar-refractivity contribution in [2.75, 3.05) is 50.2 Å². The van der Waals surface area contributed by atoms with Crippen LogP contribution >= 0.6 is 0 Å². The highest BCUT2D eigenvalue weighted by molar-refractivity contribution is 5.61. The van der Waals surface area contributed by atoms with Crippen LogP contribution in [0.5, 0.6) is 11.5 Å². The number of rotatable bonds is 6. The predicted molar refractivity (Wildman–Crippen MR) is 126 cm³/mol. The number of aromatic nitrogens is 2. The Morgan fingerprint density at radius 3 is 2.13 bits per heavy atom. The summed E-state index contributed by atoms with van der Waals surface area (Å²) >= 11 is 0. The van der Waals surface area contributed by atoms with Gasteiger partial charge in [-0.15, -0.1) is 0 Å². The van der Waals surface area contributed by atoms with Gasteiger partial charge in [-0.3, -0.25) is 4.98 Å². The number of hydrogen-bond donors (Lipinski definition) is 0. The number of piperazine rings is 1. The molecule has 162 valence electrons. The van der Waals surface area contributed by atoms with Crippen molar-refractivity contribution in [1.82, 2.24) is 9.97 Å². The fraction of sp³-hybridized carbons (Fsp3) is 0.360. The summed E-state index contributed by atoms with van der Waals surface area (Å²) in [4.78, 5) is 14.0. The molecule has 2 aromatic carbocycles. The van der Waals surface area contributed by atoms with Crippen molar-refractivity contribution in [2.24, 2.45) is 0 Å². The SMILES string of the molecule is COc1ccc(N2CCN(c3cncc(-c4ccc(C(C)C)cc4)n3)CC2)cc1OC. The lowest BCUT2D eigenvalue weighted by Crippen LogP contribution is -2.46. The normalized spacial score (nSPS) is 14.1. The molecule has 0 unspecified atom stereocenters. The molecular weight excluding hydrogens is 388 g/mol. The maximum atomic E-state index is 5.45. The van der Waals surface area contributed by atoms with Gasteiger partial charge in [0.05, 0.1) is 32.3 Å². The first-order valence-corrected chi connectivity index (χ1v) is 10.7. The highest BCUT2D eigenvalue weighted by Crippen LogP contribution is 2.32. The first kappa shape index (κ1) is 21.0. The Morgan fingerprint density at radius 2 is 1.48 bits per heavy atom. The van der Waals surface area contributed by atoms with Crippen LogP contribution in [0.4, 0.5) is 11.5 Å². The van der Waals surface area contributed by atoms with Gasteiger partial charge in [0.1, 0.15) is 5.82 Å². The first-order valence-electron chi connectivity index (χ1n) is 10.7. The summed E-state index contributed by atoms with van der Waals surface area (Å²) in [5.41, 5.74) is 4.49. The standard InChI is InChI=1S/C25H30N4O2/c1-18(2)19-5-7-20(8-6-19)22-16-26-17-25(27-22)29-13-11-28(12-14-29)21-9-10-23(30-3)24(15-21)31-4/h5-10,15-18H,11-14H2,1-4H3. The second kappa shape index (κ2) is 9.25. The topological polar surface area (TPSA) is 50.7 Å². The van der Waals surface area contributed by atoms with E-state index in [1.54, 1.807) is 14.2 Å². The minimum atomic E-state index is 0.522. The number of hydrogen-bond acceptors (Lipinski definition) is 6. The average molecular weight is 419 g/mol. The van der Waals surface area contributed by atoms with E-state index in [4.69, 9.17) is 14.5 Å². The minimum absolute atomic E-state index is 0.522. The summed E-state index contributed by atoms with van der Waals surface area (Å²) < 4.78 is 10.8. The van der Waals surface area contributed by atoms with Crippen molar-refractivity contribution in [3.8, 4) is 22.8 Å². The van der Waals surface area contributed by atoms with Gasteiger partial charge in [-0.1, -0.05) is 38.1 Å². The molecule has 1 aliphatic heterocycles. The van der Waals surface area contributed by atoms with E-state index in [1.807, 2.05) is 24.5 Å². The molecule has 0 aliphatic carbocycles. The third kappa shape index (κ3) is 4.58. The molecular formula is C25H30N4O2. The number of ether oxygens (including phenoxy) is 2. The zero-order chi connectivity index (χ0) is 21.8. The Hall–Kier alpha value is -3.28. The fourth-order valence-electron chi connectivity index (χ4n) is 3.90. The number of benzene rings is 2. The summed E-state index contributed by atoms with van der Waals surface area (Å²) in [6, 6.07) is 14.7. The van der Waals surface area contributed by atoms with E-state index >= 15 is 0 Å². The molecule has 1 saturated heterocycles. The van der Waals surface area contributed by atoms with Crippen LogP contribution in [0.15, 0.2) is 54.9 Å². The molecule has 4 rings (SSSR count). The molecule has 0 amide bonds. The maximum Gasteiger partial charge on any atom is 0.162 e. The summed E-state index contributed by atoms with van der Waals surface area (Å²) in [6.07, 6.45) is 3.70. The van der Waals surface area contributed by atoms with E-state index in [9.17, 15) is 0 Å². The Labute approximate surface area is 184 Å². The Bertz CT molecular complexity index is 1010. The van der Waals surface area contributed by atoms with Crippen LogP contribution in [-0.2, 0) is 0 Å². The van der Waals surface area contributed by atoms with E-state index < -0.39 is 0 Å². The molecule has 1 aromatic heterocycles. The smallest absolute Gasteiger partial charge is 0.162 e. The lowest BCUT2D eigenvalue weighted by molar-refractivity contribution is 0.355. The summed E-state index contributed by atoms with van der Waals surface area (Å²) in [7, 11) is 3.33. The molecule has 0 saturated carbocycles. The van der Waals surface area contributed by atoms with Crippen molar-refractivity contribution in [2.45, 2.75) is 19.8 Å². The molecule has 3 aromatic rings. The van der Waals surface area contributed by atoms with Crippen LogP contribution in [0.1, 0.15) is 25.3 Å². The molecule has 31 heavy (non-hydrogen) atoms. The molecule has 6 nitrogen and oxygen atoms in total. The molecule has 0 bridgehead atoms. The largest absolute Gasteiger partial charge is 0.493 e. The maximum absolute atomic E-state index is 5.45. The van der Waals surface area contributed by atoms with E-state index in [1.165, 1.54) is 5.56 Å². The molecule has 0 spiro atoms. The van der Waals surface area contributed by atoms with Gasteiger partial charge in [-0.2, -0.15) is 0 Å². The molecule has 0 radical (unpaired) electrons. The highest BCUT2D eigenvalue weighted by atomic mass is 16.5. The van der Waals surface area contributed by atoms with E-state index in [0.717, 1.165) is 60.4 Å². The van der Waals surface area contributed by atoms with Crippen LogP contribution in [0, 0.1) is 0 Å². The van der Waals surface area contributed by atoms with Crippen LogP contribution in [-0.4, -0.2) is 50.4 Å². The summed E-state index contributed by atoms with van der Waals surface area (Å²) in [5, 5.41) is 0. The van der Waals surface area contributed by atoms with E-state index in [-0.39, 0.29) is 0 Å². The molecule has 0 N–H and O–H groups in total. The lowest BCUT2D eigenvalue weighted by Gasteiger charge is -2.36. The van der Waals surface area contributed by atoms with Crippen molar-refractivity contribution >= 4 is 11.5 Å². The van der Waals surface area contributed by atoms with Crippen molar-refractivity contribution in [1.29, 1.82) is 0 Å². The van der Waals surface area contributed by atoms with Crippen LogP contribution in [0.3, 0.4) is 0 Å². The minimum Gasteiger partial charge on any atom is -0.493 e. The number of anilines is 2. The van der Waals surface area contributed by atoms with Gasteiger partial charge in [0, 0.05) is 43.5 Å². The van der Waals surface area contributed by atoms with Crippen molar-refractivity contribution in [3.05, 3.63) is 60.4 Å². The van der Waals surface area contributed by atoms with E-state index in [0.29, 0.717) is 5.92 Å². The number of nitrogens with zero attached hydrogens (tertiary/aromatic N) is 4. The molecule has 1 fully saturated rings. The monoisotopic (exact) mass is 418 g/mol. The van der Waals surface area contributed by atoms with Gasteiger partial charge in [-0.25, -0.2) is 4.98 Å². The molecule has 6 heteroatoms. The second-order valence-electron chi connectivity index (χ2n) is 8.05. The Balaban J connectivity index is 1.45. The Morgan fingerprint density at radius 1 is 0.806 bits per heavy atom. The summed E-state index contributed by atoms with van der Waals surface area (Å²) in [5.74, 6) is 2.95. The zero-order valence-electron chi connectivity index (χ0n) is 18.7. The molecule has 0 atom stereocenters. The van der Waals surface area contributed by atoms with Crippen LogP contribution < -0.4 is 19.3 Å². The third-order valence-corrected chi connectivity index (χ3v) is 5.83. The van der Waals surface area contributed by atoms with Gasteiger partial charge in [0.15, 0.2) is 11.5 Å². The Kier molecular flexibility index (Phi) is 6.26. The van der Waals surface area contributed by atoms with Gasteiger partial charge >= 0.3 is 0 Å². The van der Waals surface area contributed by atoms with Gasteiger partial charge in [-0.05, 0) is 23.6 Å². The predicted octanol–water partition coefficient (Wildman–Crippen LogP) is 4.61. The second-order valence-corrected chi connectivity index (χ2v) is 8.05. The molecule has 2 heterocycles.